The predicted octanol–water partition coefficient (Wildman–Crippen LogP) is 1.17. The highest BCUT2D eigenvalue weighted by Gasteiger charge is 2.37. The second kappa shape index (κ2) is 7.04. The van der Waals surface area contributed by atoms with Gasteiger partial charge < -0.3 is 9.80 Å². The normalized spacial score (nSPS) is 17.0. The van der Waals surface area contributed by atoms with Gasteiger partial charge in [-0.25, -0.2) is 4.98 Å². The van der Waals surface area contributed by atoms with E-state index in [4.69, 9.17) is 0 Å². The molecule has 2 amide bonds. The number of hydrogen-bond acceptors (Lipinski definition) is 4. The van der Waals surface area contributed by atoms with E-state index in [-0.39, 0.29) is 11.5 Å². The Labute approximate surface area is 145 Å². The molecule has 7 nitrogen and oxygen atoms in total. The van der Waals surface area contributed by atoms with Crippen molar-refractivity contribution in [3.63, 3.8) is 0 Å². The minimum absolute atomic E-state index is 0.00273. The summed E-state index contributed by atoms with van der Waals surface area (Å²) in [5, 5.41) is 0. The molecule has 0 aromatic carbocycles. The molecule has 0 bridgehead atoms. The molecule has 1 saturated heterocycles. The van der Waals surface area contributed by atoms with E-state index in [1.165, 1.54) is 15.5 Å². The molecule has 0 aliphatic carbocycles. The molecule has 2 aromatic rings. The Balaban J connectivity index is 1.93. The van der Waals surface area contributed by atoms with Gasteiger partial charge in [-0.3, -0.25) is 18.8 Å². The number of hydrogen-bond donors (Lipinski definition) is 0. The predicted molar refractivity (Wildman–Crippen MR) is 93.4 cm³/mol. The molecular formula is C18H22N4O3. The minimum atomic E-state index is -0.497. The Morgan fingerprint density at radius 3 is 2.76 bits per heavy atom. The number of likely N-dealkylation sites (N-methyl/N-ethyl adjacent to an activating group) is 1. The lowest BCUT2D eigenvalue weighted by molar-refractivity contribution is -0.134. The first-order chi connectivity index (χ1) is 12.1. The summed E-state index contributed by atoms with van der Waals surface area (Å²) in [6, 6.07) is 4.71. The molecule has 2 aromatic heterocycles. The second-order valence-corrected chi connectivity index (χ2v) is 6.07. The van der Waals surface area contributed by atoms with Gasteiger partial charge in [0.25, 0.3) is 11.5 Å². The maximum atomic E-state index is 12.9. The van der Waals surface area contributed by atoms with Gasteiger partial charge in [-0.1, -0.05) is 6.07 Å². The van der Waals surface area contributed by atoms with Gasteiger partial charge in [0.1, 0.15) is 17.3 Å². The van der Waals surface area contributed by atoms with E-state index in [0.717, 1.165) is 6.42 Å². The summed E-state index contributed by atoms with van der Waals surface area (Å²) in [5.74, 6) is -0.469. The van der Waals surface area contributed by atoms with Gasteiger partial charge in [0.2, 0.25) is 5.91 Å². The van der Waals surface area contributed by atoms with Crippen LogP contribution in [0.3, 0.4) is 0 Å². The van der Waals surface area contributed by atoms with Crippen LogP contribution in [0, 0.1) is 0 Å². The van der Waals surface area contributed by atoms with Crippen LogP contribution in [0.4, 0.5) is 0 Å². The number of likely N-dealkylation sites (tertiary alicyclic amines) is 1. The van der Waals surface area contributed by atoms with Gasteiger partial charge >= 0.3 is 0 Å². The Hall–Kier alpha value is -2.70. The molecule has 1 fully saturated rings. The van der Waals surface area contributed by atoms with E-state index in [2.05, 4.69) is 4.98 Å². The molecule has 132 valence electrons. The lowest BCUT2D eigenvalue weighted by Crippen LogP contribution is -2.48. The molecule has 1 atom stereocenters. The number of amides is 2. The zero-order valence-corrected chi connectivity index (χ0v) is 14.5. The van der Waals surface area contributed by atoms with Crippen LogP contribution in [-0.2, 0) is 4.79 Å². The molecule has 0 saturated carbocycles. The summed E-state index contributed by atoms with van der Waals surface area (Å²) in [7, 11) is 0. The number of fused-ring (bicyclic) bond motifs is 1. The van der Waals surface area contributed by atoms with E-state index in [0.29, 0.717) is 31.7 Å². The first-order valence-corrected chi connectivity index (χ1v) is 8.64. The largest absolute Gasteiger partial charge is 0.341 e. The van der Waals surface area contributed by atoms with Gasteiger partial charge in [-0.05, 0) is 38.8 Å². The number of nitrogens with zero attached hydrogens (tertiary/aromatic N) is 4. The molecule has 0 unspecified atom stereocenters. The van der Waals surface area contributed by atoms with Crippen molar-refractivity contribution < 1.29 is 9.59 Å². The number of rotatable bonds is 4. The van der Waals surface area contributed by atoms with Crippen molar-refractivity contribution in [2.24, 2.45) is 0 Å². The Morgan fingerprint density at radius 1 is 1.28 bits per heavy atom. The van der Waals surface area contributed by atoms with Crippen LogP contribution in [0.1, 0.15) is 37.0 Å². The van der Waals surface area contributed by atoms with E-state index in [1.807, 2.05) is 13.8 Å². The highest BCUT2D eigenvalue weighted by Crippen LogP contribution is 2.21. The number of carbonyl (C=O) groups excluding carboxylic acids is 2. The maximum Gasteiger partial charge on any atom is 0.270 e. The molecule has 0 radical (unpaired) electrons. The summed E-state index contributed by atoms with van der Waals surface area (Å²) >= 11 is 0. The molecule has 1 aliphatic rings. The van der Waals surface area contributed by atoms with Crippen molar-refractivity contribution in [3.05, 3.63) is 46.5 Å². The van der Waals surface area contributed by atoms with Gasteiger partial charge in [0.05, 0.1) is 0 Å². The third-order valence-corrected chi connectivity index (χ3v) is 4.72. The molecule has 0 N–H and O–H groups in total. The SMILES string of the molecule is CCN(CC)C(=O)[C@@H]1CCCN1C(=O)c1cnc2ccccn2c1=O. The summed E-state index contributed by atoms with van der Waals surface area (Å²) < 4.78 is 1.35. The molecule has 0 spiro atoms. The summed E-state index contributed by atoms with van der Waals surface area (Å²) in [6.07, 6.45) is 4.29. The van der Waals surface area contributed by atoms with Crippen molar-refractivity contribution in [3.8, 4) is 0 Å². The van der Waals surface area contributed by atoms with Crippen LogP contribution in [0.2, 0.25) is 0 Å². The molecule has 7 heteroatoms. The molecule has 3 heterocycles. The lowest BCUT2D eigenvalue weighted by Gasteiger charge is -2.28. The highest BCUT2D eigenvalue weighted by atomic mass is 16.2. The highest BCUT2D eigenvalue weighted by molar-refractivity contribution is 5.97. The maximum absolute atomic E-state index is 12.9. The van der Waals surface area contributed by atoms with Crippen LogP contribution < -0.4 is 5.56 Å². The Kier molecular flexibility index (Phi) is 4.83. The van der Waals surface area contributed by atoms with Gasteiger partial charge in [0.15, 0.2) is 0 Å². The number of pyridine rings is 1. The first kappa shape index (κ1) is 17.1. The number of aromatic nitrogens is 2. The van der Waals surface area contributed by atoms with Crippen LogP contribution in [-0.4, -0.2) is 56.7 Å². The Morgan fingerprint density at radius 2 is 2.04 bits per heavy atom. The Bertz CT molecular complexity index is 857. The zero-order chi connectivity index (χ0) is 18.0. The van der Waals surface area contributed by atoms with Gasteiger partial charge in [-0.15, -0.1) is 0 Å². The van der Waals surface area contributed by atoms with Crippen molar-refractivity contribution in [2.45, 2.75) is 32.7 Å². The van der Waals surface area contributed by atoms with Gasteiger partial charge in [0, 0.05) is 32.0 Å². The summed E-state index contributed by atoms with van der Waals surface area (Å²) in [4.78, 5) is 45.7. The van der Waals surface area contributed by atoms with E-state index >= 15 is 0 Å². The third-order valence-electron chi connectivity index (χ3n) is 4.72. The summed E-state index contributed by atoms with van der Waals surface area (Å²) in [5.41, 5.74) is 0.0840. The molecule has 1 aliphatic heterocycles. The van der Waals surface area contributed by atoms with E-state index in [1.54, 1.807) is 29.3 Å². The van der Waals surface area contributed by atoms with E-state index in [9.17, 15) is 14.4 Å². The lowest BCUT2D eigenvalue weighted by atomic mass is 10.1. The molecular weight excluding hydrogens is 320 g/mol. The molecule has 3 rings (SSSR count). The zero-order valence-electron chi connectivity index (χ0n) is 14.5. The second-order valence-electron chi connectivity index (χ2n) is 6.07. The van der Waals surface area contributed by atoms with Crippen LogP contribution in [0.15, 0.2) is 35.4 Å². The van der Waals surface area contributed by atoms with Crippen molar-refractivity contribution in [1.82, 2.24) is 19.2 Å². The van der Waals surface area contributed by atoms with Gasteiger partial charge in [-0.2, -0.15) is 0 Å². The standard InChI is InChI=1S/C18H22N4O3/c1-3-20(4-2)18(25)14-8-7-11-21(14)16(23)13-12-19-15-9-5-6-10-22(15)17(13)24/h5-6,9-10,12,14H,3-4,7-8,11H2,1-2H3/t14-/m0/s1. The fourth-order valence-corrected chi connectivity index (χ4v) is 3.34. The quantitative estimate of drug-likeness (QED) is 0.836. The van der Waals surface area contributed by atoms with Crippen molar-refractivity contribution in [2.75, 3.05) is 19.6 Å². The van der Waals surface area contributed by atoms with Crippen molar-refractivity contribution >= 4 is 17.5 Å². The average Bonchev–Trinajstić information content (AvgIpc) is 3.12. The average molecular weight is 342 g/mol. The van der Waals surface area contributed by atoms with Crippen LogP contribution in [0.5, 0.6) is 0 Å². The first-order valence-electron chi connectivity index (χ1n) is 8.64. The van der Waals surface area contributed by atoms with Crippen LogP contribution in [0.25, 0.3) is 5.65 Å². The summed E-state index contributed by atoms with van der Waals surface area (Å²) in [6.45, 7) is 5.53. The number of carbonyl (C=O) groups is 2. The monoisotopic (exact) mass is 342 g/mol. The minimum Gasteiger partial charge on any atom is -0.341 e. The fourth-order valence-electron chi connectivity index (χ4n) is 3.34. The molecule has 25 heavy (non-hydrogen) atoms. The van der Waals surface area contributed by atoms with Crippen molar-refractivity contribution in [1.29, 1.82) is 0 Å². The topological polar surface area (TPSA) is 75.0 Å². The third kappa shape index (κ3) is 3.01. The van der Waals surface area contributed by atoms with Crippen LogP contribution >= 0.6 is 0 Å². The smallest absolute Gasteiger partial charge is 0.270 e. The van der Waals surface area contributed by atoms with E-state index < -0.39 is 17.5 Å². The fraction of sp³-hybridized carbons (Fsp3) is 0.444.